The predicted molar refractivity (Wildman–Crippen MR) is 247 cm³/mol. The fourth-order valence-electron chi connectivity index (χ4n) is 6.19. The lowest BCUT2D eigenvalue weighted by molar-refractivity contribution is -0.297. The van der Waals surface area contributed by atoms with Crippen LogP contribution in [0.5, 0.6) is 0 Å². The highest BCUT2D eigenvalue weighted by Crippen LogP contribution is 2.24. The first-order valence-electron chi connectivity index (χ1n) is 22.8. The summed E-state index contributed by atoms with van der Waals surface area (Å²) in [4.78, 5) is 25.4. The lowest BCUT2D eigenvalue weighted by atomic mass is 10.00. The van der Waals surface area contributed by atoms with Crippen molar-refractivity contribution in [2.45, 2.75) is 179 Å². The van der Waals surface area contributed by atoms with Crippen LogP contribution in [-0.4, -0.2) is 96.0 Å². The van der Waals surface area contributed by atoms with Gasteiger partial charge in [0, 0.05) is 12.8 Å². The molecule has 0 aliphatic carbocycles. The highest BCUT2D eigenvalue weighted by Gasteiger charge is 2.46. The van der Waals surface area contributed by atoms with Crippen molar-refractivity contribution < 1.29 is 56.8 Å². The van der Waals surface area contributed by atoms with E-state index in [1.165, 1.54) is 0 Å². The topological polar surface area (TPSA) is 186 Å². The molecule has 6 atom stereocenters. The fourth-order valence-corrected chi connectivity index (χ4v) is 6.88. The van der Waals surface area contributed by atoms with Crippen LogP contribution in [0.25, 0.3) is 0 Å². The molecule has 0 saturated carbocycles. The van der Waals surface area contributed by atoms with Gasteiger partial charge in [0.25, 0.3) is 10.1 Å². The largest absolute Gasteiger partial charge is 0.462 e. The minimum Gasteiger partial charge on any atom is -0.462 e. The molecule has 1 heterocycles. The van der Waals surface area contributed by atoms with Crippen LogP contribution in [0.3, 0.4) is 0 Å². The van der Waals surface area contributed by atoms with Gasteiger partial charge >= 0.3 is 11.9 Å². The average Bonchev–Trinajstić information content (AvgIpc) is 3.24. The van der Waals surface area contributed by atoms with Crippen molar-refractivity contribution in [1.29, 1.82) is 0 Å². The summed E-state index contributed by atoms with van der Waals surface area (Å²) in [5, 5.41) is 30.9. The molecular formula is C49H78O12S. The van der Waals surface area contributed by atoms with E-state index in [1.54, 1.807) is 0 Å². The van der Waals surface area contributed by atoms with Gasteiger partial charge in [0.2, 0.25) is 0 Å². The molecule has 1 aliphatic rings. The molecule has 0 spiro atoms. The molecule has 0 aromatic carbocycles. The molecule has 0 radical (unpaired) electrons. The molecule has 0 amide bonds. The zero-order chi connectivity index (χ0) is 45.5. The second-order valence-corrected chi connectivity index (χ2v) is 16.8. The summed E-state index contributed by atoms with van der Waals surface area (Å²) in [5.41, 5.74) is 0. The van der Waals surface area contributed by atoms with Crippen molar-refractivity contribution in [1.82, 2.24) is 0 Å². The molecule has 0 bridgehead atoms. The number of ether oxygens (including phenoxy) is 4. The first kappa shape index (κ1) is 56.6. The van der Waals surface area contributed by atoms with Gasteiger partial charge in [-0.3, -0.25) is 14.1 Å². The van der Waals surface area contributed by atoms with Gasteiger partial charge in [-0.1, -0.05) is 137 Å². The summed E-state index contributed by atoms with van der Waals surface area (Å²) >= 11 is 0. The van der Waals surface area contributed by atoms with Crippen molar-refractivity contribution in [3.05, 3.63) is 97.2 Å². The van der Waals surface area contributed by atoms with E-state index in [9.17, 15) is 37.9 Å². The molecule has 4 N–H and O–H groups in total. The second kappa shape index (κ2) is 38.1. The summed E-state index contributed by atoms with van der Waals surface area (Å²) in [7, 11) is -4.62. The molecule has 1 saturated heterocycles. The van der Waals surface area contributed by atoms with Crippen LogP contribution in [0.1, 0.15) is 142 Å². The molecule has 0 aromatic heterocycles. The van der Waals surface area contributed by atoms with Gasteiger partial charge in [-0.05, 0) is 89.9 Å². The summed E-state index contributed by atoms with van der Waals surface area (Å²) in [6.45, 7) is 3.47. The number of carbonyl (C=O) groups excluding carboxylic acids is 2. The summed E-state index contributed by atoms with van der Waals surface area (Å²) in [6, 6.07) is 0. The van der Waals surface area contributed by atoms with E-state index in [2.05, 4.69) is 111 Å². The van der Waals surface area contributed by atoms with Crippen molar-refractivity contribution >= 4 is 22.1 Å². The molecule has 13 heteroatoms. The Balaban J connectivity index is 2.49. The van der Waals surface area contributed by atoms with E-state index in [-0.39, 0.29) is 19.4 Å². The number of allylic oxidation sites excluding steroid dienone is 16. The van der Waals surface area contributed by atoms with E-state index in [4.69, 9.17) is 18.9 Å². The molecule has 12 nitrogen and oxygen atoms in total. The zero-order valence-electron chi connectivity index (χ0n) is 37.4. The first-order valence-corrected chi connectivity index (χ1v) is 24.4. The minimum absolute atomic E-state index is 0.115. The molecule has 1 rings (SSSR count). The van der Waals surface area contributed by atoms with E-state index < -0.39 is 71.2 Å². The monoisotopic (exact) mass is 891 g/mol. The van der Waals surface area contributed by atoms with Gasteiger partial charge in [0.1, 0.15) is 36.8 Å². The molecule has 1 aliphatic heterocycles. The Bertz CT molecular complexity index is 1510. The van der Waals surface area contributed by atoms with Crippen LogP contribution in [0, 0.1) is 0 Å². The number of hydrogen-bond acceptors (Lipinski definition) is 11. The van der Waals surface area contributed by atoms with Crippen LogP contribution < -0.4 is 0 Å². The zero-order valence-corrected chi connectivity index (χ0v) is 38.2. The smallest absolute Gasteiger partial charge is 0.306 e. The average molecular weight is 891 g/mol. The molecule has 1 fully saturated rings. The normalized spacial score (nSPS) is 20.8. The second-order valence-electron chi connectivity index (χ2n) is 15.3. The van der Waals surface area contributed by atoms with Crippen molar-refractivity contribution in [3.8, 4) is 0 Å². The third kappa shape index (κ3) is 32.3. The van der Waals surface area contributed by atoms with Crippen LogP contribution >= 0.6 is 0 Å². The number of aliphatic hydroxyl groups excluding tert-OH is 3. The Morgan fingerprint density at radius 2 is 0.968 bits per heavy atom. The van der Waals surface area contributed by atoms with Crippen molar-refractivity contribution in [2.24, 2.45) is 0 Å². The van der Waals surface area contributed by atoms with Crippen LogP contribution in [-0.2, 0) is 38.7 Å². The summed E-state index contributed by atoms with van der Waals surface area (Å²) in [6.07, 6.45) is 41.6. The number of rotatable bonds is 36. The molecule has 0 aromatic rings. The number of unbranched alkanes of at least 4 members (excludes halogenated alkanes) is 8. The van der Waals surface area contributed by atoms with Gasteiger partial charge in [-0.2, -0.15) is 8.42 Å². The van der Waals surface area contributed by atoms with Gasteiger partial charge in [0.05, 0.1) is 6.61 Å². The Kier molecular flexibility index (Phi) is 34.7. The quantitative estimate of drug-likeness (QED) is 0.0202. The molecule has 62 heavy (non-hydrogen) atoms. The number of aliphatic hydroxyl groups is 3. The maximum Gasteiger partial charge on any atom is 0.306 e. The van der Waals surface area contributed by atoms with Gasteiger partial charge in [-0.15, -0.1) is 0 Å². The third-order valence-corrected chi connectivity index (χ3v) is 10.4. The molecule has 2 unspecified atom stereocenters. The Labute approximate surface area is 373 Å². The highest BCUT2D eigenvalue weighted by molar-refractivity contribution is 7.85. The van der Waals surface area contributed by atoms with Crippen LogP contribution in [0.2, 0.25) is 0 Å². The third-order valence-electron chi connectivity index (χ3n) is 9.66. The number of esters is 2. The van der Waals surface area contributed by atoms with Crippen LogP contribution in [0.4, 0.5) is 0 Å². The Morgan fingerprint density at radius 1 is 0.548 bits per heavy atom. The van der Waals surface area contributed by atoms with Gasteiger partial charge < -0.3 is 34.3 Å². The highest BCUT2D eigenvalue weighted by atomic mass is 32.2. The lowest BCUT2D eigenvalue weighted by Crippen LogP contribution is -2.60. The number of hydrogen-bond donors (Lipinski definition) is 4. The maximum atomic E-state index is 12.8. The summed E-state index contributed by atoms with van der Waals surface area (Å²) in [5.74, 6) is -2.06. The van der Waals surface area contributed by atoms with E-state index in [0.717, 1.165) is 103 Å². The first-order chi connectivity index (χ1) is 30.0. The standard InChI is InChI=1S/C49H78O12S/c1-3-5-7-9-11-13-15-17-19-20-21-22-24-26-28-30-32-34-36-38-45(51)60-42(40-59-49-48(54)47(53)46(52)43(61-49)41-62(55,56)57)39-58-44(50)37-35-33-31-29-27-25-23-18-16-14-12-10-8-6-4-2/h5-8,11-14,17-19,21-23,26,28,42-43,46-49,52-54H,3-4,9-10,15-16,20,24-25,27,29-41H2,1-2H3,(H,55,56,57)/b7-5+,8-6+,13-11+,14-12+,19-17+,22-21+,23-18+,28-26+/t42-,43-,46-,47?,48?,49+/m1/s1. The molecule has 352 valence electrons. The Hall–Kier alpha value is -3.43. The van der Waals surface area contributed by atoms with Crippen molar-refractivity contribution in [3.63, 3.8) is 0 Å². The van der Waals surface area contributed by atoms with Gasteiger partial charge in [-0.25, -0.2) is 0 Å². The van der Waals surface area contributed by atoms with E-state index in [0.29, 0.717) is 12.8 Å². The van der Waals surface area contributed by atoms with E-state index in [1.807, 2.05) is 0 Å². The van der Waals surface area contributed by atoms with Gasteiger partial charge in [0.15, 0.2) is 12.4 Å². The predicted octanol–water partition coefficient (Wildman–Crippen LogP) is 9.44. The summed E-state index contributed by atoms with van der Waals surface area (Å²) < 4.78 is 54.0. The van der Waals surface area contributed by atoms with E-state index >= 15 is 0 Å². The molecular weight excluding hydrogens is 813 g/mol. The van der Waals surface area contributed by atoms with Crippen LogP contribution in [0.15, 0.2) is 97.2 Å². The Morgan fingerprint density at radius 3 is 1.45 bits per heavy atom. The minimum atomic E-state index is -4.62. The number of carbonyl (C=O) groups is 2. The lowest BCUT2D eigenvalue weighted by Gasteiger charge is -2.40. The fraction of sp³-hybridized carbons (Fsp3) is 0.633. The SMILES string of the molecule is CC/C=C/C/C=C/C/C=C/C/C=C/C/C=C/CCCCCC(=O)O[C@H](COC(=O)CCCCCCC/C=C/C/C=C/C/C=C/CC)CO[C@H]1O[C@H](CS(=O)(=O)O)[C@@H](O)C(O)C1O. The van der Waals surface area contributed by atoms with Crippen molar-refractivity contribution in [2.75, 3.05) is 19.0 Å². The maximum absolute atomic E-state index is 12.8.